The highest BCUT2D eigenvalue weighted by Gasteiger charge is 2.28. The van der Waals surface area contributed by atoms with E-state index < -0.39 is 26.0 Å². The van der Waals surface area contributed by atoms with E-state index in [9.17, 15) is 21.6 Å². The Hall–Kier alpha value is -2.99. The third-order valence-corrected chi connectivity index (χ3v) is 9.49. The molecule has 0 aliphatic carbocycles. The van der Waals surface area contributed by atoms with E-state index in [4.69, 9.17) is 11.6 Å². The maximum Gasteiger partial charge on any atom is 0.261 e. The Balaban J connectivity index is 1.50. The predicted octanol–water partition coefficient (Wildman–Crippen LogP) is 4.35. The molecule has 0 radical (unpaired) electrons. The van der Waals surface area contributed by atoms with Gasteiger partial charge in [-0.05, 0) is 67.4 Å². The smallest absolute Gasteiger partial charge is 0.261 e. The van der Waals surface area contributed by atoms with Gasteiger partial charge in [0, 0.05) is 30.5 Å². The van der Waals surface area contributed by atoms with Crippen molar-refractivity contribution in [1.29, 1.82) is 0 Å². The summed E-state index contributed by atoms with van der Waals surface area (Å²) in [6.07, 6.45) is 6.42. The number of amides is 1. The largest absolute Gasteiger partial charge is 0.322 e. The van der Waals surface area contributed by atoms with Gasteiger partial charge in [0.2, 0.25) is 10.0 Å². The number of rotatable bonds is 7. The number of benzene rings is 2. The number of aromatic nitrogens is 1. The molecule has 4 rings (SSSR count). The molecule has 1 amide bonds. The van der Waals surface area contributed by atoms with Crippen molar-refractivity contribution in [3.05, 3.63) is 77.6 Å². The standard InChI is InChI=1S/C24H25ClN4O5S2/c25-22-12-7-18(16-23(22)36(33,34)29-14-3-1-2-4-15-29)24(30)27-19-8-10-21(11-9-19)35(31,32)28-20-6-5-13-26-17-20/h5-13,16-17,28H,1-4,14-15H2,(H,27,30). The SMILES string of the molecule is O=C(Nc1ccc(S(=O)(=O)Nc2cccnc2)cc1)c1ccc(Cl)c(S(=O)(=O)N2CCCCCC2)c1. The molecule has 2 heterocycles. The number of nitrogens with one attached hydrogen (secondary N) is 2. The fraction of sp³-hybridized carbons (Fsp3) is 0.250. The van der Waals surface area contributed by atoms with E-state index in [0.717, 1.165) is 25.7 Å². The molecule has 0 atom stereocenters. The minimum Gasteiger partial charge on any atom is -0.322 e. The molecule has 0 saturated carbocycles. The molecule has 1 saturated heterocycles. The zero-order valence-corrected chi connectivity index (χ0v) is 21.6. The fourth-order valence-electron chi connectivity index (χ4n) is 3.82. The van der Waals surface area contributed by atoms with Crippen LogP contribution in [0, 0.1) is 0 Å². The lowest BCUT2D eigenvalue weighted by atomic mass is 10.2. The van der Waals surface area contributed by atoms with Crippen LogP contribution in [0.25, 0.3) is 0 Å². The molecule has 190 valence electrons. The van der Waals surface area contributed by atoms with E-state index in [1.54, 1.807) is 12.1 Å². The molecule has 0 unspecified atom stereocenters. The van der Waals surface area contributed by atoms with Crippen molar-refractivity contribution >= 4 is 48.9 Å². The highest BCUT2D eigenvalue weighted by molar-refractivity contribution is 7.92. The van der Waals surface area contributed by atoms with Gasteiger partial charge in [0.1, 0.15) is 4.90 Å². The monoisotopic (exact) mass is 548 g/mol. The molecule has 2 aromatic carbocycles. The topological polar surface area (TPSA) is 126 Å². The van der Waals surface area contributed by atoms with Crippen LogP contribution in [-0.4, -0.2) is 45.1 Å². The van der Waals surface area contributed by atoms with E-state index in [1.807, 2.05) is 0 Å². The molecule has 0 spiro atoms. The van der Waals surface area contributed by atoms with Gasteiger partial charge in [-0.1, -0.05) is 24.4 Å². The molecule has 1 aliphatic heterocycles. The Morgan fingerprint density at radius 3 is 2.22 bits per heavy atom. The summed E-state index contributed by atoms with van der Waals surface area (Å²) in [6.45, 7) is 0.833. The molecule has 0 bridgehead atoms. The summed E-state index contributed by atoms with van der Waals surface area (Å²) in [6, 6.07) is 12.9. The first-order valence-electron chi connectivity index (χ1n) is 11.3. The fourth-order valence-corrected chi connectivity index (χ4v) is 6.88. The lowest BCUT2D eigenvalue weighted by Gasteiger charge is -2.21. The van der Waals surface area contributed by atoms with Crippen LogP contribution in [0.2, 0.25) is 5.02 Å². The number of sulfonamides is 2. The molecular weight excluding hydrogens is 524 g/mol. The molecule has 1 aliphatic rings. The van der Waals surface area contributed by atoms with Gasteiger partial charge >= 0.3 is 0 Å². The van der Waals surface area contributed by atoms with E-state index in [0.29, 0.717) is 24.5 Å². The molecule has 9 nitrogen and oxygen atoms in total. The van der Waals surface area contributed by atoms with Gasteiger partial charge < -0.3 is 5.32 Å². The number of nitrogens with zero attached hydrogens (tertiary/aromatic N) is 2. The summed E-state index contributed by atoms with van der Waals surface area (Å²) in [4.78, 5) is 16.6. The highest BCUT2D eigenvalue weighted by Crippen LogP contribution is 2.28. The average molecular weight is 549 g/mol. The van der Waals surface area contributed by atoms with Crippen molar-refractivity contribution < 1.29 is 21.6 Å². The maximum atomic E-state index is 13.2. The second kappa shape index (κ2) is 11.0. The third kappa shape index (κ3) is 6.04. The Morgan fingerprint density at radius 2 is 1.58 bits per heavy atom. The van der Waals surface area contributed by atoms with Gasteiger partial charge in [-0.25, -0.2) is 16.8 Å². The molecule has 1 aromatic heterocycles. The zero-order valence-electron chi connectivity index (χ0n) is 19.2. The van der Waals surface area contributed by atoms with Gasteiger partial charge in [0.15, 0.2) is 0 Å². The van der Waals surface area contributed by atoms with Crippen LogP contribution in [0.4, 0.5) is 11.4 Å². The number of carbonyl (C=O) groups excluding carboxylic acids is 1. The predicted molar refractivity (Wildman–Crippen MR) is 138 cm³/mol. The maximum absolute atomic E-state index is 13.2. The van der Waals surface area contributed by atoms with Crippen molar-refractivity contribution in [2.45, 2.75) is 35.5 Å². The molecule has 3 aromatic rings. The van der Waals surface area contributed by atoms with Crippen LogP contribution in [0.1, 0.15) is 36.0 Å². The van der Waals surface area contributed by atoms with Gasteiger partial charge in [-0.3, -0.25) is 14.5 Å². The minimum atomic E-state index is -3.85. The Kier molecular flexibility index (Phi) is 7.94. The van der Waals surface area contributed by atoms with Crippen molar-refractivity contribution in [3.63, 3.8) is 0 Å². The van der Waals surface area contributed by atoms with Gasteiger partial charge in [-0.2, -0.15) is 4.31 Å². The molecule has 2 N–H and O–H groups in total. The lowest BCUT2D eigenvalue weighted by Crippen LogP contribution is -2.32. The number of carbonyl (C=O) groups is 1. The molecular formula is C24H25ClN4O5S2. The summed E-state index contributed by atoms with van der Waals surface area (Å²) in [5.74, 6) is -0.553. The van der Waals surface area contributed by atoms with E-state index in [2.05, 4.69) is 15.0 Å². The first-order chi connectivity index (χ1) is 17.2. The van der Waals surface area contributed by atoms with Crippen LogP contribution in [0.3, 0.4) is 0 Å². The first kappa shape index (κ1) is 26.1. The molecule has 36 heavy (non-hydrogen) atoms. The van der Waals surface area contributed by atoms with Crippen molar-refractivity contribution in [1.82, 2.24) is 9.29 Å². The zero-order chi connectivity index (χ0) is 25.8. The van der Waals surface area contributed by atoms with Crippen molar-refractivity contribution in [3.8, 4) is 0 Å². The van der Waals surface area contributed by atoms with Crippen LogP contribution >= 0.6 is 11.6 Å². The van der Waals surface area contributed by atoms with E-state index in [-0.39, 0.29) is 20.4 Å². The van der Waals surface area contributed by atoms with Gasteiger partial charge in [0.05, 0.1) is 21.8 Å². The summed E-state index contributed by atoms with van der Waals surface area (Å²) in [5, 5.41) is 2.71. The van der Waals surface area contributed by atoms with Crippen molar-refractivity contribution in [2.24, 2.45) is 0 Å². The number of halogens is 1. The second-order valence-electron chi connectivity index (χ2n) is 8.29. The first-order valence-corrected chi connectivity index (χ1v) is 14.6. The summed E-state index contributed by atoms with van der Waals surface area (Å²) in [7, 11) is -7.69. The van der Waals surface area contributed by atoms with Crippen LogP contribution < -0.4 is 10.0 Å². The highest BCUT2D eigenvalue weighted by atomic mass is 35.5. The summed E-state index contributed by atoms with van der Waals surface area (Å²) >= 11 is 6.22. The van der Waals surface area contributed by atoms with Crippen LogP contribution in [0.5, 0.6) is 0 Å². The summed E-state index contributed by atoms with van der Waals surface area (Å²) in [5.41, 5.74) is 0.776. The van der Waals surface area contributed by atoms with Gasteiger partial charge in [-0.15, -0.1) is 0 Å². The quantitative estimate of drug-likeness (QED) is 0.452. The molecule has 1 fully saturated rings. The Bertz CT molecular complexity index is 1440. The number of pyridine rings is 1. The summed E-state index contributed by atoms with van der Waals surface area (Å²) < 4.78 is 55.4. The minimum absolute atomic E-state index is 0.00155. The van der Waals surface area contributed by atoms with E-state index >= 15 is 0 Å². The van der Waals surface area contributed by atoms with Gasteiger partial charge in [0.25, 0.3) is 15.9 Å². The lowest BCUT2D eigenvalue weighted by molar-refractivity contribution is 0.102. The Morgan fingerprint density at radius 1 is 0.889 bits per heavy atom. The normalized spacial score (nSPS) is 15.1. The Labute approximate surface area is 215 Å². The number of hydrogen-bond donors (Lipinski definition) is 2. The van der Waals surface area contributed by atoms with Crippen LogP contribution in [0.15, 0.2) is 76.8 Å². The number of hydrogen-bond acceptors (Lipinski definition) is 6. The second-order valence-corrected chi connectivity index (χ2v) is 12.3. The van der Waals surface area contributed by atoms with E-state index in [1.165, 1.54) is 59.2 Å². The molecule has 12 heteroatoms. The third-order valence-electron chi connectivity index (χ3n) is 5.71. The average Bonchev–Trinajstić information content (AvgIpc) is 3.15. The number of anilines is 2. The van der Waals surface area contributed by atoms with Crippen molar-refractivity contribution in [2.75, 3.05) is 23.1 Å². The van der Waals surface area contributed by atoms with Crippen LogP contribution in [-0.2, 0) is 20.0 Å².